The smallest absolute Gasteiger partial charge is 0.302 e. The summed E-state index contributed by atoms with van der Waals surface area (Å²) in [5.41, 5.74) is 0. The highest BCUT2D eigenvalue weighted by Crippen LogP contribution is 2.37. The first kappa shape index (κ1) is 18.8. The maximum atomic E-state index is 10.9. The Kier molecular flexibility index (Phi) is 6.59. The van der Waals surface area contributed by atoms with Gasteiger partial charge in [-0.25, -0.2) is 0 Å². The van der Waals surface area contributed by atoms with Gasteiger partial charge in [0.15, 0.2) is 0 Å². The fraction of sp³-hybridized carbons (Fsp3) is 0.846. The highest BCUT2D eigenvalue weighted by molar-refractivity contribution is 6.76. The number of alkyl halides is 3. The normalized spacial score (nSPS) is 33.4. The third-order valence-corrected chi connectivity index (χ3v) is 4.44. The van der Waals surface area contributed by atoms with Crippen molar-refractivity contribution < 1.29 is 19.0 Å². The highest BCUT2D eigenvalue weighted by Gasteiger charge is 2.42. The SMILES string of the molecule is CC(=O)OCC1OC(OC(=N)C(Cl)(Cl)Cl)C(C)[C@@H](C)[C@H]1C. The molecule has 1 fully saturated rings. The summed E-state index contributed by atoms with van der Waals surface area (Å²) in [6.45, 7) is 7.49. The average Bonchev–Trinajstić information content (AvgIpc) is 2.36. The van der Waals surface area contributed by atoms with Crippen molar-refractivity contribution in [3.05, 3.63) is 0 Å². The van der Waals surface area contributed by atoms with Crippen LogP contribution < -0.4 is 0 Å². The lowest BCUT2D eigenvalue weighted by atomic mass is 9.79. The second-order valence-electron chi connectivity index (χ2n) is 5.37. The van der Waals surface area contributed by atoms with Gasteiger partial charge in [0, 0.05) is 12.8 Å². The highest BCUT2D eigenvalue weighted by atomic mass is 35.6. The fourth-order valence-electron chi connectivity index (χ4n) is 2.19. The Hall–Kier alpha value is -0.230. The average molecular weight is 361 g/mol. The van der Waals surface area contributed by atoms with Gasteiger partial charge in [0.2, 0.25) is 12.2 Å². The van der Waals surface area contributed by atoms with Crippen LogP contribution in [0.5, 0.6) is 0 Å². The fourth-order valence-corrected chi connectivity index (χ4v) is 2.33. The van der Waals surface area contributed by atoms with Crippen molar-refractivity contribution in [2.45, 2.75) is 43.9 Å². The van der Waals surface area contributed by atoms with Crippen LogP contribution in [-0.4, -0.2) is 34.7 Å². The van der Waals surface area contributed by atoms with E-state index in [1.54, 1.807) is 0 Å². The number of esters is 1. The molecule has 0 aromatic carbocycles. The Bertz CT molecular complexity index is 399. The lowest BCUT2D eigenvalue weighted by molar-refractivity contribution is -0.228. The molecule has 0 amide bonds. The second kappa shape index (κ2) is 7.36. The van der Waals surface area contributed by atoms with E-state index in [0.29, 0.717) is 0 Å². The van der Waals surface area contributed by atoms with Gasteiger partial charge in [-0.3, -0.25) is 10.2 Å². The van der Waals surface area contributed by atoms with Gasteiger partial charge in [0.25, 0.3) is 3.79 Å². The van der Waals surface area contributed by atoms with E-state index in [9.17, 15) is 4.79 Å². The molecule has 21 heavy (non-hydrogen) atoms. The molecule has 1 heterocycles. The zero-order valence-corrected chi connectivity index (χ0v) is 14.6. The first-order valence-corrected chi connectivity index (χ1v) is 7.78. The van der Waals surface area contributed by atoms with Crippen molar-refractivity contribution in [2.75, 3.05) is 6.61 Å². The molecule has 1 aliphatic rings. The molecule has 0 saturated carbocycles. The van der Waals surface area contributed by atoms with Crippen molar-refractivity contribution in [1.82, 2.24) is 0 Å². The van der Waals surface area contributed by atoms with Gasteiger partial charge < -0.3 is 14.2 Å². The molecule has 1 rings (SSSR count). The molecular formula is C13H20Cl3NO4. The Balaban J connectivity index is 2.75. The van der Waals surface area contributed by atoms with E-state index in [-0.39, 0.29) is 36.4 Å². The van der Waals surface area contributed by atoms with Crippen LogP contribution in [0, 0.1) is 23.2 Å². The van der Waals surface area contributed by atoms with Crippen LogP contribution in [-0.2, 0) is 19.0 Å². The summed E-state index contributed by atoms with van der Waals surface area (Å²) in [7, 11) is 0. The van der Waals surface area contributed by atoms with E-state index in [4.69, 9.17) is 54.4 Å². The predicted octanol–water partition coefficient (Wildman–Crippen LogP) is 3.55. The summed E-state index contributed by atoms with van der Waals surface area (Å²) in [5.74, 6) is -0.462. The minimum Gasteiger partial charge on any atom is -0.463 e. The molecule has 0 radical (unpaired) electrons. The molecule has 5 atom stereocenters. The number of nitrogens with one attached hydrogen (secondary N) is 1. The van der Waals surface area contributed by atoms with Crippen LogP contribution >= 0.6 is 34.8 Å². The van der Waals surface area contributed by atoms with Gasteiger partial charge in [-0.05, 0) is 11.8 Å². The predicted molar refractivity (Wildman–Crippen MR) is 81.9 cm³/mol. The lowest BCUT2D eigenvalue weighted by Crippen LogP contribution is -2.49. The van der Waals surface area contributed by atoms with E-state index in [0.717, 1.165) is 0 Å². The third-order valence-electron chi connectivity index (χ3n) is 3.93. The largest absolute Gasteiger partial charge is 0.463 e. The second-order valence-corrected chi connectivity index (χ2v) is 7.65. The van der Waals surface area contributed by atoms with Crippen molar-refractivity contribution in [3.63, 3.8) is 0 Å². The quantitative estimate of drug-likeness (QED) is 0.362. The molecule has 1 aliphatic heterocycles. The summed E-state index contributed by atoms with van der Waals surface area (Å²) in [5, 5.41) is 7.64. The van der Waals surface area contributed by atoms with E-state index in [1.807, 2.05) is 20.8 Å². The summed E-state index contributed by atoms with van der Waals surface area (Å²) in [6, 6.07) is 0. The number of ether oxygens (including phenoxy) is 3. The molecule has 1 saturated heterocycles. The van der Waals surface area contributed by atoms with E-state index >= 15 is 0 Å². The number of hydrogen-bond acceptors (Lipinski definition) is 5. The first-order valence-electron chi connectivity index (χ1n) is 6.65. The molecule has 122 valence electrons. The standard InChI is InChI=1S/C13H20Cl3NO4/c1-6-7(2)10(5-19-9(4)18)20-11(8(6)3)21-12(17)13(14,15)16/h6-8,10-11,17H,5H2,1-4H3/t6-,7+,8?,10?,11?/m0/s1. The Labute approximate surface area is 139 Å². The molecule has 0 bridgehead atoms. The summed E-state index contributed by atoms with van der Waals surface area (Å²) in [4.78, 5) is 10.9. The van der Waals surface area contributed by atoms with Gasteiger partial charge in [-0.2, -0.15) is 0 Å². The first-order chi connectivity index (χ1) is 9.54. The Morgan fingerprint density at radius 1 is 1.19 bits per heavy atom. The summed E-state index contributed by atoms with van der Waals surface area (Å²) in [6.07, 6.45) is -1.05. The van der Waals surface area contributed by atoms with Gasteiger partial charge in [0.1, 0.15) is 6.61 Å². The van der Waals surface area contributed by atoms with E-state index < -0.39 is 16.0 Å². The molecule has 8 heteroatoms. The van der Waals surface area contributed by atoms with Gasteiger partial charge in [0.05, 0.1) is 6.10 Å². The number of carbonyl (C=O) groups excluding carboxylic acids is 1. The Morgan fingerprint density at radius 2 is 1.76 bits per heavy atom. The van der Waals surface area contributed by atoms with Crippen molar-refractivity contribution in [1.29, 1.82) is 5.41 Å². The number of carbonyl (C=O) groups is 1. The molecule has 0 aliphatic carbocycles. The summed E-state index contributed by atoms with van der Waals surface area (Å²) < 4.78 is 14.2. The molecule has 5 nitrogen and oxygen atoms in total. The molecule has 0 spiro atoms. The van der Waals surface area contributed by atoms with Crippen molar-refractivity contribution in [3.8, 4) is 0 Å². The minimum atomic E-state index is -1.93. The zero-order chi connectivity index (χ0) is 16.4. The molecule has 0 aromatic rings. The van der Waals surface area contributed by atoms with Crippen LogP contribution in [0.1, 0.15) is 27.7 Å². The van der Waals surface area contributed by atoms with Crippen molar-refractivity contribution in [2.24, 2.45) is 17.8 Å². The van der Waals surface area contributed by atoms with Crippen LogP contribution in [0.4, 0.5) is 0 Å². The molecular weight excluding hydrogens is 341 g/mol. The van der Waals surface area contributed by atoms with Gasteiger partial charge in [-0.1, -0.05) is 55.6 Å². The van der Waals surface area contributed by atoms with Gasteiger partial charge in [-0.15, -0.1) is 0 Å². The maximum absolute atomic E-state index is 10.9. The van der Waals surface area contributed by atoms with Crippen LogP contribution in [0.15, 0.2) is 0 Å². The molecule has 3 unspecified atom stereocenters. The zero-order valence-electron chi connectivity index (χ0n) is 12.4. The van der Waals surface area contributed by atoms with Crippen LogP contribution in [0.25, 0.3) is 0 Å². The monoisotopic (exact) mass is 359 g/mol. The number of rotatable bonds is 3. The van der Waals surface area contributed by atoms with Crippen LogP contribution in [0.3, 0.4) is 0 Å². The van der Waals surface area contributed by atoms with Gasteiger partial charge >= 0.3 is 5.97 Å². The van der Waals surface area contributed by atoms with Crippen LogP contribution in [0.2, 0.25) is 0 Å². The van der Waals surface area contributed by atoms with Crippen molar-refractivity contribution >= 4 is 46.7 Å². The molecule has 1 N–H and O–H groups in total. The molecule has 0 aromatic heterocycles. The topological polar surface area (TPSA) is 68.6 Å². The van der Waals surface area contributed by atoms with E-state index in [1.165, 1.54) is 6.92 Å². The maximum Gasteiger partial charge on any atom is 0.302 e. The Morgan fingerprint density at radius 3 is 2.24 bits per heavy atom. The number of halogens is 3. The number of hydrogen-bond donors (Lipinski definition) is 1. The third kappa shape index (κ3) is 5.16. The minimum absolute atomic E-state index is 0.00118. The lowest BCUT2D eigenvalue weighted by Gasteiger charge is -2.43. The summed E-state index contributed by atoms with van der Waals surface area (Å²) >= 11 is 16.8. The van der Waals surface area contributed by atoms with E-state index in [2.05, 4.69) is 0 Å².